The average Bonchev–Trinajstić information content (AvgIpc) is 2.44. The highest BCUT2D eigenvalue weighted by Gasteiger charge is 2.41. The Labute approximate surface area is 136 Å². The van der Waals surface area contributed by atoms with Crippen LogP contribution in [-0.4, -0.2) is 13.1 Å². The van der Waals surface area contributed by atoms with E-state index in [1.807, 2.05) is 0 Å². The predicted molar refractivity (Wildman–Crippen MR) is 96.1 cm³/mol. The Morgan fingerprint density at radius 3 is 2.24 bits per heavy atom. The lowest BCUT2D eigenvalue weighted by Crippen LogP contribution is -2.56. The lowest BCUT2D eigenvalue weighted by molar-refractivity contribution is 0.173. The summed E-state index contributed by atoms with van der Waals surface area (Å²) in [5.41, 5.74) is 1.96. The summed E-state index contributed by atoms with van der Waals surface area (Å²) in [6.45, 7) is 7.09. The van der Waals surface area contributed by atoms with Gasteiger partial charge in [0.2, 0.25) is 0 Å². The van der Waals surface area contributed by atoms with E-state index in [1.165, 1.54) is 55.2 Å². The number of hydrogen-bond acceptors (Lipinski definition) is 1. The van der Waals surface area contributed by atoms with E-state index in [2.05, 4.69) is 71.1 Å². The van der Waals surface area contributed by atoms with E-state index in [9.17, 15) is 0 Å². The van der Waals surface area contributed by atoms with Crippen molar-refractivity contribution in [3.63, 3.8) is 0 Å². The van der Waals surface area contributed by atoms with Gasteiger partial charge in [0.05, 0.1) is 0 Å². The molecule has 112 valence electrons. The van der Waals surface area contributed by atoms with Gasteiger partial charge in [0.25, 0.3) is 0 Å². The number of anilines is 1. The van der Waals surface area contributed by atoms with Crippen LogP contribution in [0.25, 0.3) is 10.8 Å². The fourth-order valence-corrected chi connectivity index (χ4v) is 4.23. The number of benzene rings is 2. The molecule has 2 aromatic rings. The quantitative estimate of drug-likeness (QED) is 0.641. The van der Waals surface area contributed by atoms with Crippen molar-refractivity contribution in [1.82, 2.24) is 0 Å². The maximum absolute atomic E-state index is 3.54. The summed E-state index contributed by atoms with van der Waals surface area (Å²) in [5, 5.41) is 2.64. The largest absolute Gasteiger partial charge is 0.370 e. The zero-order chi connectivity index (χ0) is 14.9. The van der Waals surface area contributed by atoms with Crippen LogP contribution in [0.2, 0.25) is 0 Å². The van der Waals surface area contributed by atoms with Gasteiger partial charge in [0.15, 0.2) is 0 Å². The van der Waals surface area contributed by atoms with E-state index in [0.717, 1.165) is 4.47 Å². The van der Waals surface area contributed by atoms with Crippen LogP contribution in [0.15, 0.2) is 40.9 Å². The molecule has 21 heavy (non-hydrogen) atoms. The summed E-state index contributed by atoms with van der Waals surface area (Å²) in [5.74, 6) is 0. The molecule has 0 saturated carbocycles. The highest BCUT2D eigenvalue weighted by molar-refractivity contribution is 9.10. The van der Waals surface area contributed by atoms with Crippen molar-refractivity contribution >= 4 is 32.4 Å². The summed E-state index contributed by atoms with van der Waals surface area (Å²) < 4.78 is 1.15. The molecule has 0 aromatic heterocycles. The molecule has 0 aliphatic carbocycles. The van der Waals surface area contributed by atoms with Crippen molar-refractivity contribution in [3.8, 4) is 0 Å². The fourth-order valence-electron chi connectivity index (χ4n) is 3.85. The van der Waals surface area contributed by atoms with E-state index in [-0.39, 0.29) is 0 Å². The fraction of sp³-hybridized carbons (Fsp3) is 0.474. The molecule has 0 radical (unpaired) electrons. The highest BCUT2D eigenvalue weighted by Crippen LogP contribution is 2.42. The van der Waals surface area contributed by atoms with Crippen LogP contribution in [0.4, 0.5) is 5.69 Å². The van der Waals surface area contributed by atoms with Gasteiger partial charge in [-0.1, -0.05) is 54.8 Å². The predicted octanol–water partition coefficient (Wildman–Crippen LogP) is 6.01. The molecular formula is C19H24BrN. The van der Waals surface area contributed by atoms with Gasteiger partial charge in [-0.2, -0.15) is 0 Å². The third kappa shape index (κ3) is 2.96. The van der Waals surface area contributed by atoms with Gasteiger partial charge in [-0.3, -0.25) is 0 Å². The second kappa shape index (κ2) is 6.00. The Balaban J connectivity index is 1.78. The minimum atomic E-state index is 0.582. The smallest absolute Gasteiger partial charge is 0.0373 e. The van der Waals surface area contributed by atoms with E-state index >= 15 is 0 Å². The van der Waals surface area contributed by atoms with Gasteiger partial charge in [-0.05, 0) is 47.9 Å². The molecule has 1 saturated heterocycles. The first-order chi connectivity index (χ1) is 10.2. The molecule has 0 N–H and O–H groups in total. The monoisotopic (exact) mass is 345 g/mol. The van der Waals surface area contributed by atoms with E-state index in [4.69, 9.17) is 0 Å². The Morgan fingerprint density at radius 2 is 1.57 bits per heavy atom. The molecule has 1 aliphatic rings. The summed E-state index contributed by atoms with van der Waals surface area (Å²) in [4.78, 5) is 2.55. The minimum absolute atomic E-state index is 0.582. The molecule has 1 fully saturated rings. The van der Waals surface area contributed by atoms with Crippen LogP contribution < -0.4 is 4.90 Å². The lowest BCUT2D eigenvalue weighted by atomic mass is 9.72. The molecular weight excluding hydrogens is 322 g/mol. The Morgan fingerprint density at radius 1 is 0.952 bits per heavy atom. The van der Waals surface area contributed by atoms with Crippen LogP contribution in [0.3, 0.4) is 0 Å². The third-order valence-electron chi connectivity index (χ3n) is 4.76. The van der Waals surface area contributed by atoms with Crippen LogP contribution in [0, 0.1) is 5.41 Å². The number of hydrogen-bond donors (Lipinski definition) is 0. The number of fused-ring (bicyclic) bond motifs is 1. The van der Waals surface area contributed by atoms with Crippen LogP contribution in [0.5, 0.6) is 0 Å². The third-order valence-corrected chi connectivity index (χ3v) is 5.26. The van der Waals surface area contributed by atoms with Gasteiger partial charge < -0.3 is 4.90 Å². The summed E-state index contributed by atoms with van der Waals surface area (Å²) >= 11 is 3.54. The number of nitrogens with zero attached hydrogens (tertiary/aromatic N) is 1. The van der Waals surface area contributed by atoms with Crippen LogP contribution >= 0.6 is 15.9 Å². The second-order valence-electron chi connectivity index (χ2n) is 6.53. The molecule has 3 rings (SSSR count). The summed E-state index contributed by atoms with van der Waals surface area (Å²) in [6.07, 6.45) is 5.36. The maximum Gasteiger partial charge on any atom is 0.0373 e. The van der Waals surface area contributed by atoms with Crippen molar-refractivity contribution in [2.75, 3.05) is 18.0 Å². The number of halogens is 1. The first-order valence-electron chi connectivity index (χ1n) is 8.10. The van der Waals surface area contributed by atoms with Crippen molar-refractivity contribution in [1.29, 1.82) is 0 Å². The molecule has 0 spiro atoms. The van der Waals surface area contributed by atoms with Crippen molar-refractivity contribution in [2.45, 2.75) is 39.5 Å². The minimum Gasteiger partial charge on any atom is -0.370 e. The van der Waals surface area contributed by atoms with Crippen molar-refractivity contribution < 1.29 is 0 Å². The normalized spacial score (nSPS) is 17.0. The summed E-state index contributed by atoms with van der Waals surface area (Å²) in [6, 6.07) is 13.4. The van der Waals surface area contributed by atoms with Gasteiger partial charge in [0, 0.05) is 28.7 Å². The van der Waals surface area contributed by atoms with Crippen LogP contribution in [0.1, 0.15) is 39.5 Å². The van der Waals surface area contributed by atoms with Crippen LogP contribution in [-0.2, 0) is 0 Å². The zero-order valence-corrected chi connectivity index (χ0v) is 14.6. The Bertz CT molecular complexity index is 620. The molecule has 0 atom stereocenters. The van der Waals surface area contributed by atoms with Gasteiger partial charge in [-0.25, -0.2) is 0 Å². The molecule has 2 heteroatoms. The Hall–Kier alpha value is -1.02. The number of rotatable bonds is 5. The molecule has 0 unspecified atom stereocenters. The first kappa shape index (κ1) is 14.9. The summed E-state index contributed by atoms with van der Waals surface area (Å²) in [7, 11) is 0. The molecule has 1 aliphatic heterocycles. The molecule has 0 bridgehead atoms. The molecule has 1 nitrogen and oxygen atoms in total. The zero-order valence-electron chi connectivity index (χ0n) is 13.0. The van der Waals surface area contributed by atoms with Crippen molar-refractivity contribution in [3.05, 3.63) is 40.9 Å². The van der Waals surface area contributed by atoms with E-state index in [0.29, 0.717) is 5.41 Å². The molecule has 0 amide bonds. The molecule has 2 aromatic carbocycles. The maximum atomic E-state index is 3.54. The molecule has 1 heterocycles. The Kier molecular flexibility index (Phi) is 4.26. The SMILES string of the molecule is CCCC1(CCC)CN(c2ccc3cc(Br)ccc3c2)C1. The second-order valence-corrected chi connectivity index (χ2v) is 7.45. The average molecular weight is 346 g/mol. The van der Waals surface area contributed by atoms with Gasteiger partial charge in [0.1, 0.15) is 0 Å². The van der Waals surface area contributed by atoms with Crippen molar-refractivity contribution in [2.24, 2.45) is 5.41 Å². The van der Waals surface area contributed by atoms with E-state index < -0.39 is 0 Å². The first-order valence-corrected chi connectivity index (χ1v) is 8.89. The topological polar surface area (TPSA) is 3.24 Å². The van der Waals surface area contributed by atoms with Gasteiger partial charge >= 0.3 is 0 Å². The highest BCUT2D eigenvalue weighted by atomic mass is 79.9. The lowest BCUT2D eigenvalue weighted by Gasteiger charge is -2.52. The van der Waals surface area contributed by atoms with E-state index in [1.54, 1.807) is 0 Å². The van der Waals surface area contributed by atoms with Gasteiger partial charge in [-0.15, -0.1) is 0 Å². The standard InChI is InChI=1S/C19H24BrN/c1-3-9-19(10-4-2)13-21(14-19)18-8-6-15-11-17(20)7-5-16(15)12-18/h5-8,11-12H,3-4,9-10,13-14H2,1-2H3.